The van der Waals surface area contributed by atoms with Gasteiger partial charge in [-0.15, -0.1) is 0 Å². The summed E-state index contributed by atoms with van der Waals surface area (Å²) in [6.45, 7) is 3.40. The number of likely N-dealkylation sites (N-methyl/N-ethyl adjacent to an activating group) is 1. The third kappa shape index (κ3) is 5.67. The summed E-state index contributed by atoms with van der Waals surface area (Å²) in [5.41, 5.74) is 1.06. The normalized spacial score (nSPS) is 13.2. The number of nitrogens with one attached hydrogen (secondary N) is 1. The van der Waals surface area contributed by atoms with E-state index in [0.717, 1.165) is 28.0 Å². The molecule has 0 atom stereocenters. The average molecular weight is 387 g/mol. The summed E-state index contributed by atoms with van der Waals surface area (Å²) in [5.74, 6) is 1.52. The predicted molar refractivity (Wildman–Crippen MR) is 91.0 cm³/mol. The monoisotopic (exact) mass is 386 g/mol. The second-order valence-electron chi connectivity index (χ2n) is 5.46. The molecular weight excluding hydrogens is 364 g/mol. The summed E-state index contributed by atoms with van der Waals surface area (Å²) < 4.78 is 17.1. The summed E-state index contributed by atoms with van der Waals surface area (Å²) in [5, 5.41) is 2.88. The molecule has 1 aliphatic rings. The number of ether oxygens (including phenoxy) is 3. The molecule has 0 spiro atoms. The summed E-state index contributed by atoms with van der Waals surface area (Å²) in [7, 11) is 3.57. The third-order valence-electron chi connectivity index (χ3n) is 3.41. The van der Waals surface area contributed by atoms with Crippen LogP contribution in [0.25, 0.3) is 0 Å². The van der Waals surface area contributed by atoms with Crippen LogP contribution in [0.1, 0.15) is 12.0 Å². The Labute approximate surface area is 145 Å². The van der Waals surface area contributed by atoms with Crippen LogP contribution in [-0.2, 0) is 16.1 Å². The van der Waals surface area contributed by atoms with Gasteiger partial charge in [-0.25, -0.2) is 0 Å². The van der Waals surface area contributed by atoms with Gasteiger partial charge in [-0.3, -0.25) is 9.69 Å². The van der Waals surface area contributed by atoms with Crippen LogP contribution in [0.4, 0.5) is 0 Å². The number of hydrogen-bond acceptors (Lipinski definition) is 5. The molecule has 0 saturated carbocycles. The predicted octanol–water partition coefficient (Wildman–Crippen LogP) is 1.80. The summed E-state index contributed by atoms with van der Waals surface area (Å²) in [4.78, 5) is 13.8. The maximum absolute atomic E-state index is 11.9. The van der Waals surface area contributed by atoms with Gasteiger partial charge in [0.1, 0.15) is 13.2 Å². The average Bonchev–Trinajstić information content (AvgIpc) is 2.52. The molecule has 0 aromatic heterocycles. The Balaban J connectivity index is 1.85. The molecule has 0 radical (unpaired) electrons. The molecule has 0 bridgehead atoms. The van der Waals surface area contributed by atoms with E-state index in [1.807, 2.05) is 24.1 Å². The minimum Gasteiger partial charge on any atom is -0.486 e. The van der Waals surface area contributed by atoms with Crippen molar-refractivity contribution >= 4 is 21.8 Å². The lowest BCUT2D eigenvalue weighted by atomic mass is 10.2. The quantitative estimate of drug-likeness (QED) is 0.690. The van der Waals surface area contributed by atoms with E-state index in [0.29, 0.717) is 39.5 Å². The van der Waals surface area contributed by atoms with Gasteiger partial charge >= 0.3 is 0 Å². The minimum absolute atomic E-state index is 0.0114. The van der Waals surface area contributed by atoms with E-state index in [4.69, 9.17) is 14.2 Å². The largest absolute Gasteiger partial charge is 0.486 e. The molecule has 0 unspecified atom stereocenters. The first-order valence-corrected chi connectivity index (χ1v) is 8.41. The number of benzene rings is 1. The number of rotatable bonds is 8. The van der Waals surface area contributed by atoms with Crippen LogP contribution in [0.5, 0.6) is 11.5 Å². The van der Waals surface area contributed by atoms with Crippen LogP contribution in [0.3, 0.4) is 0 Å². The first-order chi connectivity index (χ1) is 11.1. The van der Waals surface area contributed by atoms with Gasteiger partial charge < -0.3 is 19.5 Å². The highest BCUT2D eigenvalue weighted by atomic mass is 79.9. The Morgan fingerprint density at radius 2 is 2.04 bits per heavy atom. The van der Waals surface area contributed by atoms with E-state index in [9.17, 15) is 4.79 Å². The van der Waals surface area contributed by atoms with E-state index in [2.05, 4.69) is 21.2 Å². The number of halogens is 1. The fraction of sp³-hybridized carbons (Fsp3) is 0.562. The Bertz CT molecular complexity index is 539. The van der Waals surface area contributed by atoms with Gasteiger partial charge in [0.15, 0.2) is 11.5 Å². The van der Waals surface area contributed by atoms with E-state index >= 15 is 0 Å². The molecule has 0 saturated heterocycles. The number of amides is 1. The first kappa shape index (κ1) is 18.0. The zero-order valence-corrected chi connectivity index (χ0v) is 15.1. The number of hydrogen-bond donors (Lipinski definition) is 1. The van der Waals surface area contributed by atoms with Crippen LogP contribution >= 0.6 is 15.9 Å². The van der Waals surface area contributed by atoms with Gasteiger partial charge in [-0.1, -0.05) is 15.9 Å². The van der Waals surface area contributed by atoms with Crippen LogP contribution in [0, 0.1) is 0 Å². The highest BCUT2D eigenvalue weighted by Crippen LogP contribution is 2.35. The zero-order valence-electron chi connectivity index (χ0n) is 13.6. The lowest BCUT2D eigenvalue weighted by molar-refractivity contribution is -0.122. The molecule has 1 amide bonds. The standard InChI is InChI=1S/C16H23BrN2O4/c1-19(11-16(20)18-4-3-5-21-2)10-12-8-14-15(9-13(12)17)23-7-6-22-14/h8-9H,3-7,10-11H2,1-2H3,(H,18,20). The number of nitrogens with zero attached hydrogens (tertiary/aromatic N) is 1. The van der Waals surface area contributed by atoms with E-state index in [1.54, 1.807) is 7.11 Å². The van der Waals surface area contributed by atoms with Gasteiger partial charge in [-0.05, 0) is 31.2 Å². The van der Waals surface area contributed by atoms with Crippen molar-refractivity contribution < 1.29 is 19.0 Å². The summed E-state index contributed by atoms with van der Waals surface area (Å²) >= 11 is 3.55. The highest BCUT2D eigenvalue weighted by Gasteiger charge is 2.16. The number of fused-ring (bicyclic) bond motifs is 1. The molecule has 1 heterocycles. The molecule has 0 fully saturated rings. The van der Waals surface area contributed by atoms with Crippen LogP contribution < -0.4 is 14.8 Å². The Kier molecular flexibility index (Phi) is 7.14. The molecule has 6 nitrogen and oxygen atoms in total. The molecule has 1 aromatic rings. The van der Waals surface area contributed by atoms with E-state index in [1.165, 1.54) is 0 Å². The maximum atomic E-state index is 11.9. The van der Waals surface area contributed by atoms with Crippen LogP contribution in [0.2, 0.25) is 0 Å². The minimum atomic E-state index is 0.0114. The molecule has 2 rings (SSSR count). The Morgan fingerprint density at radius 3 is 2.74 bits per heavy atom. The topological polar surface area (TPSA) is 60.0 Å². The molecule has 1 aliphatic heterocycles. The van der Waals surface area contributed by atoms with Crippen molar-refractivity contribution in [1.82, 2.24) is 10.2 Å². The molecule has 1 N–H and O–H groups in total. The van der Waals surface area contributed by atoms with Crippen molar-refractivity contribution in [2.45, 2.75) is 13.0 Å². The SMILES string of the molecule is COCCCNC(=O)CN(C)Cc1cc2c(cc1Br)OCCO2. The number of carbonyl (C=O) groups excluding carboxylic acids is 1. The van der Waals surface area contributed by atoms with Crippen LogP contribution in [0.15, 0.2) is 16.6 Å². The molecule has 0 aliphatic carbocycles. The van der Waals surface area contributed by atoms with Gasteiger partial charge in [0.05, 0.1) is 6.54 Å². The van der Waals surface area contributed by atoms with Crippen molar-refractivity contribution in [3.8, 4) is 11.5 Å². The van der Waals surface area contributed by atoms with E-state index < -0.39 is 0 Å². The fourth-order valence-electron chi connectivity index (χ4n) is 2.32. The van der Waals surface area contributed by atoms with Crippen molar-refractivity contribution in [3.63, 3.8) is 0 Å². The molecule has 7 heteroatoms. The van der Waals surface area contributed by atoms with Crippen molar-refractivity contribution in [2.75, 3.05) is 47.1 Å². The lowest BCUT2D eigenvalue weighted by Gasteiger charge is -2.22. The molecule has 1 aromatic carbocycles. The molecule has 23 heavy (non-hydrogen) atoms. The Hall–Kier alpha value is -1.31. The van der Waals surface area contributed by atoms with Crippen LogP contribution in [-0.4, -0.2) is 57.9 Å². The second-order valence-corrected chi connectivity index (χ2v) is 6.31. The van der Waals surface area contributed by atoms with Crippen molar-refractivity contribution in [2.24, 2.45) is 0 Å². The van der Waals surface area contributed by atoms with Gasteiger partial charge in [0, 0.05) is 31.3 Å². The van der Waals surface area contributed by atoms with Gasteiger partial charge in [0.2, 0.25) is 5.91 Å². The lowest BCUT2D eigenvalue weighted by Crippen LogP contribution is -2.35. The first-order valence-electron chi connectivity index (χ1n) is 7.62. The number of methoxy groups -OCH3 is 1. The second kappa shape index (κ2) is 9.10. The summed E-state index contributed by atoms with van der Waals surface area (Å²) in [6.07, 6.45) is 0.819. The third-order valence-corrected chi connectivity index (χ3v) is 4.15. The zero-order chi connectivity index (χ0) is 16.7. The highest BCUT2D eigenvalue weighted by molar-refractivity contribution is 9.10. The van der Waals surface area contributed by atoms with Gasteiger partial charge in [0.25, 0.3) is 0 Å². The maximum Gasteiger partial charge on any atom is 0.234 e. The molecule has 128 valence electrons. The Morgan fingerprint density at radius 1 is 1.35 bits per heavy atom. The van der Waals surface area contributed by atoms with Crippen molar-refractivity contribution in [1.29, 1.82) is 0 Å². The van der Waals surface area contributed by atoms with E-state index in [-0.39, 0.29) is 5.91 Å². The van der Waals surface area contributed by atoms with Gasteiger partial charge in [-0.2, -0.15) is 0 Å². The smallest absolute Gasteiger partial charge is 0.234 e. The number of carbonyl (C=O) groups is 1. The van der Waals surface area contributed by atoms with Crippen molar-refractivity contribution in [3.05, 3.63) is 22.2 Å². The fourth-order valence-corrected chi connectivity index (χ4v) is 2.77. The molecular formula is C16H23BrN2O4. The summed E-state index contributed by atoms with van der Waals surface area (Å²) in [6, 6.07) is 3.88.